The van der Waals surface area contributed by atoms with Crippen LogP contribution in [0.1, 0.15) is 24.8 Å². The van der Waals surface area contributed by atoms with Gasteiger partial charge in [-0.25, -0.2) is 14.8 Å². The SMILES string of the molecule is CN1C(=O)OCCC12CCN(Cc1cnc(N)n3nc(-c4ccco4)nc13)CC2. The highest BCUT2D eigenvalue weighted by atomic mass is 16.6. The summed E-state index contributed by atoms with van der Waals surface area (Å²) in [5.41, 5.74) is 7.55. The van der Waals surface area contributed by atoms with Crippen LogP contribution >= 0.6 is 0 Å². The number of rotatable bonds is 3. The number of hydrogen-bond donors (Lipinski definition) is 1. The number of ether oxygens (including phenoxy) is 1. The van der Waals surface area contributed by atoms with Crippen LogP contribution in [-0.4, -0.2) is 67.8 Å². The molecule has 29 heavy (non-hydrogen) atoms. The van der Waals surface area contributed by atoms with E-state index < -0.39 is 0 Å². The van der Waals surface area contributed by atoms with Crippen LogP contribution in [0.15, 0.2) is 29.0 Å². The zero-order valence-electron chi connectivity index (χ0n) is 16.2. The minimum atomic E-state index is -0.219. The predicted molar refractivity (Wildman–Crippen MR) is 104 cm³/mol. The van der Waals surface area contributed by atoms with Gasteiger partial charge in [0.05, 0.1) is 18.4 Å². The fourth-order valence-electron chi connectivity index (χ4n) is 4.30. The quantitative estimate of drug-likeness (QED) is 0.711. The zero-order valence-corrected chi connectivity index (χ0v) is 16.2. The summed E-state index contributed by atoms with van der Waals surface area (Å²) >= 11 is 0. The van der Waals surface area contributed by atoms with Gasteiger partial charge < -0.3 is 19.8 Å². The minimum absolute atomic E-state index is 0.0954. The number of carbonyl (C=O) groups is 1. The maximum absolute atomic E-state index is 12.0. The van der Waals surface area contributed by atoms with Crippen molar-refractivity contribution in [3.05, 3.63) is 30.2 Å². The first kappa shape index (κ1) is 17.9. The Morgan fingerprint density at radius 3 is 2.86 bits per heavy atom. The third-order valence-corrected chi connectivity index (χ3v) is 6.16. The molecule has 10 nitrogen and oxygen atoms in total. The summed E-state index contributed by atoms with van der Waals surface area (Å²) in [6.07, 6.45) is 5.85. The van der Waals surface area contributed by atoms with Gasteiger partial charge in [0.1, 0.15) is 0 Å². The number of carbonyl (C=O) groups excluding carboxylic acids is 1. The van der Waals surface area contributed by atoms with Crippen molar-refractivity contribution >= 4 is 17.7 Å². The second-order valence-electron chi connectivity index (χ2n) is 7.71. The lowest BCUT2D eigenvalue weighted by molar-refractivity contribution is -0.0243. The van der Waals surface area contributed by atoms with Crippen LogP contribution in [-0.2, 0) is 11.3 Å². The zero-order chi connectivity index (χ0) is 20.0. The van der Waals surface area contributed by atoms with Gasteiger partial charge in [-0.2, -0.15) is 4.52 Å². The van der Waals surface area contributed by atoms with Gasteiger partial charge in [-0.3, -0.25) is 4.90 Å². The first-order chi connectivity index (χ1) is 14.1. The Morgan fingerprint density at radius 1 is 1.28 bits per heavy atom. The molecular formula is C19H23N7O3. The van der Waals surface area contributed by atoms with E-state index in [0.717, 1.165) is 37.9 Å². The Balaban J connectivity index is 1.36. The van der Waals surface area contributed by atoms with Crippen molar-refractivity contribution in [3.63, 3.8) is 0 Å². The number of nitrogens with two attached hydrogens (primary N) is 1. The number of likely N-dealkylation sites (tertiary alicyclic amines) is 1. The number of nitrogen functional groups attached to an aromatic ring is 1. The Bertz CT molecular complexity index is 1040. The number of fused-ring (bicyclic) bond motifs is 1. The fourth-order valence-corrected chi connectivity index (χ4v) is 4.30. The van der Waals surface area contributed by atoms with E-state index in [9.17, 15) is 4.79 Å². The topological polar surface area (TPSA) is 115 Å². The van der Waals surface area contributed by atoms with Gasteiger partial charge in [0, 0.05) is 44.9 Å². The Hall–Kier alpha value is -3.14. The molecule has 2 N–H and O–H groups in total. The fraction of sp³-hybridized carbons (Fsp3) is 0.474. The molecule has 3 aromatic rings. The van der Waals surface area contributed by atoms with Crippen LogP contribution in [0, 0.1) is 0 Å². The van der Waals surface area contributed by atoms with Crippen molar-refractivity contribution in [1.82, 2.24) is 29.4 Å². The molecule has 0 aliphatic carbocycles. The summed E-state index contributed by atoms with van der Waals surface area (Å²) in [6.45, 7) is 2.96. The largest absolute Gasteiger partial charge is 0.461 e. The standard InChI is InChI=1S/C19H23N7O3/c1-24-18(27)29-10-6-19(24)4-7-25(8-5-19)12-13-11-21-17(20)26-16(13)22-15(23-26)14-3-2-9-28-14/h2-3,9,11H,4-8,10,12H2,1H3,(H2,20,21). The van der Waals surface area contributed by atoms with Gasteiger partial charge in [0.15, 0.2) is 11.4 Å². The van der Waals surface area contributed by atoms with Gasteiger partial charge in [-0.05, 0) is 25.0 Å². The van der Waals surface area contributed by atoms with E-state index in [1.54, 1.807) is 27.9 Å². The second-order valence-corrected chi connectivity index (χ2v) is 7.71. The number of furan rings is 1. The lowest BCUT2D eigenvalue weighted by Crippen LogP contribution is -2.58. The molecule has 0 saturated carbocycles. The third kappa shape index (κ3) is 3.00. The molecule has 1 amide bonds. The van der Waals surface area contributed by atoms with E-state index in [-0.39, 0.29) is 17.6 Å². The summed E-state index contributed by atoms with van der Waals surface area (Å²) in [5, 5.41) is 4.44. The third-order valence-electron chi connectivity index (χ3n) is 6.16. The number of piperidine rings is 1. The summed E-state index contributed by atoms with van der Waals surface area (Å²) < 4.78 is 12.1. The highest BCUT2D eigenvalue weighted by Gasteiger charge is 2.43. The molecule has 0 atom stereocenters. The Labute approximate surface area is 167 Å². The molecular weight excluding hydrogens is 374 g/mol. The average molecular weight is 397 g/mol. The van der Waals surface area contributed by atoms with Gasteiger partial charge >= 0.3 is 6.09 Å². The van der Waals surface area contributed by atoms with Gasteiger partial charge in [0.25, 0.3) is 0 Å². The van der Waals surface area contributed by atoms with Crippen molar-refractivity contribution in [1.29, 1.82) is 0 Å². The van der Waals surface area contributed by atoms with Crippen LogP contribution in [0.25, 0.3) is 17.2 Å². The number of nitrogens with zero attached hydrogens (tertiary/aromatic N) is 6. The van der Waals surface area contributed by atoms with E-state index in [0.29, 0.717) is 30.4 Å². The van der Waals surface area contributed by atoms with Crippen LogP contribution in [0.4, 0.5) is 10.7 Å². The normalized spacial score (nSPS) is 19.8. The molecule has 2 aliphatic rings. The number of hydrogen-bond acceptors (Lipinski definition) is 8. The van der Waals surface area contributed by atoms with E-state index in [4.69, 9.17) is 14.9 Å². The molecule has 10 heteroatoms. The van der Waals surface area contributed by atoms with Crippen molar-refractivity contribution in [2.75, 3.05) is 32.5 Å². The van der Waals surface area contributed by atoms with Crippen LogP contribution < -0.4 is 5.73 Å². The van der Waals surface area contributed by atoms with Crippen LogP contribution in [0.3, 0.4) is 0 Å². The van der Waals surface area contributed by atoms with Gasteiger partial charge in [-0.15, -0.1) is 5.10 Å². The number of aromatic nitrogens is 4. The summed E-state index contributed by atoms with van der Waals surface area (Å²) in [4.78, 5) is 25.0. The Morgan fingerprint density at radius 2 is 2.10 bits per heavy atom. The molecule has 0 aromatic carbocycles. The van der Waals surface area contributed by atoms with Crippen molar-refractivity contribution in [2.24, 2.45) is 0 Å². The lowest BCUT2D eigenvalue weighted by Gasteiger charge is -2.49. The molecule has 1 spiro atoms. The molecule has 2 aliphatic heterocycles. The molecule has 0 radical (unpaired) electrons. The summed E-state index contributed by atoms with van der Waals surface area (Å²) in [6, 6.07) is 3.61. The summed E-state index contributed by atoms with van der Waals surface area (Å²) in [5.74, 6) is 1.36. The predicted octanol–water partition coefficient (Wildman–Crippen LogP) is 1.77. The minimum Gasteiger partial charge on any atom is -0.461 e. The summed E-state index contributed by atoms with van der Waals surface area (Å²) in [7, 11) is 1.84. The molecule has 152 valence electrons. The van der Waals surface area contributed by atoms with E-state index in [1.807, 2.05) is 13.1 Å². The second kappa shape index (κ2) is 6.73. The Kier molecular flexibility index (Phi) is 4.16. The average Bonchev–Trinajstić information content (AvgIpc) is 3.40. The van der Waals surface area contributed by atoms with E-state index >= 15 is 0 Å². The van der Waals surface area contributed by atoms with Gasteiger partial charge in [-0.1, -0.05) is 0 Å². The molecule has 5 rings (SSSR count). The highest BCUT2D eigenvalue weighted by molar-refractivity contribution is 5.69. The number of cyclic esters (lactones) is 1. The van der Waals surface area contributed by atoms with Crippen molar-refractivity contribution in [2.45, 2.75) is 31.3 Å². The van der Waals surface area contributed by atoms with E-state index in [1.165, 1.54) is 0 Å². The van der Waals surface area contributed by atoms with E-state index in [2.05, 4.69) is 20.0 Å². The van der Waals surface area contributed by atoms with Crippen molar-refractivity contribution < 1.29 is 13.9 Å². The lowest BCUT2D eigenvalue weighted by atomic mass is 9.82. The maximum Gasteiger partial charge on any atom is 0.409 e. The monoisotopic (exact) mass is 397 g/mol. The maximum atomic E-state index is 12.0. The molecule has 0 unspecified atom stereocenters. The molecule has 0 bridgehead atoms. The van der Waals surface area contributed by atoms with Crippen molar-refractivity contribution in [3.8, 4) is 11.6 Å². The van der Waals surface area contributed by atoms with Crippen LogP contribution in [0.2, 0.25) is 0 Å². The first-order valence-corrected chi connectivity index (χ1v) is 9.73. The number of anilines is 1. The molecule has 2 saturated heterocycles. The first-order valence-electron chi connectivity index (χ1n) is 9.73. The van der Waals surface area contributed by atoms with Gasteiger partial charge in [0.2, 0.25) is 11.8 Å². The van der Waals surface area contributed by atoms with Crippen LogP contribution in [0.5, 0.6) is 0 Å². The molecule has 3 aromatic heterocycles. The highest BCUT2D eigenvalue weighted by Crippen LogP contribution is 2.35. The number of amides is 1. The smallest absolute Gasteiger partial charge is 0.409 e. The molecule has 5 heterocycles. The molecule has 2 fully saturated rings.